The van der Waals surface area contributed by atoms with E-state index in [9.17, 15) is 0 Å². The molecule has 26 heavy (non-hydrogen) atoms. The summed E-state index contributed by atoms with van der Waals surface area (Å²) in [5, 5.41) is 2.42. The van der Waals surface area contributed by atoms with Crippen LogP contribution in [0.5, 0.6) is 0 Å². The van der Waals surface area contributed by atoms with E-state index in [0.717, 1.165) is 45.4 Å². The maximum absolute atomic E-state index is 4.73. The van der Waals surface area contributed by atoms with Gasteiger partial charge in [0.25, 0.3) is 0 Å². The standard InChI is InChI=1S/C22H20N2S2/c1-3-7-21-17(5-1)9-11-19(23-21)15-25-13-14-26-16-20-12-10-18-6-2-4-8-22(18)24-20/h1-12H,13-16H2. The predicted molar refractivity (Wildman–Crippen MR) is 116 cm³/mol. The van der Waals surface area contributed by atoms with Crippen molar-refractivity contribution in [3.05, 3.63) is 84.2 Å². The van der Waals surface area contributed by atoms with E-state index in [-0.39, 0.29) is 0 Å². The molecule has 0 amide bonds. The number of rotatable bonds is 7. The number of fused-ring (bicyclic) bond motifs is 2. The zero-order chi connectivity index (χ0) is 17.6. The molecule has 0 unspecified atom stereocenters. The first-order chi connectivity index (χ1) is 12.9. The van der Waals surface area contributed by atoms with Gasteiger partial charge in [-0.25, -0.2) is 0 Å². The molecule has 4 rings (SSSR count). The highest BCUT2D eigenvalue weighted by atomic mass is 32.2. The number of pyridine rings is 2. The minimum Gasteiger partial charge on any atom is -0.252 e. The molecule has 0 aliphatic carbocycles. The second kappa shape index (κ2) is 8.56. The molecule has 0 bridgehead atoms. The molecule has 130 valence electrons. The minimum absolute atomic E-state index is 0.972. The third-order valence-corrected chi connectivity index (χ3v) is 6.43. The van der Waals surface area contributed by atoms with Crippen molar-refractivity contribution in [3.8, 4) is 0 Å². The van der Waals surface area contributed by atoms with Crippen molar-refractivity contribution in [1.82, 2.24) is 9.97 Å². The average molecular weight is 377 g/mol. The van der Waals surface area contributed by atoms with Crippen molar-refractivity contribution in [2.45, 2.75) is 11.5 Å². The lowest BCUT2D eigenvalue weighted by Gasteiger charge is -2.05. The maximum Gasteiger partial charge on any atom is 0.0705 e. The SMILES string of the molecule is c1ccc2nc(CSCCSCc3ccc4ccccc4n3)ccc2c1. The Morgan fingerprint density at radius 1 is 0.538 bits per heavy atom. The Kier molecular flexibility index (Phi) is 5.72. The summed E-state index contributed by atoms with van der Waals surface area (Å²) in [6.45, 7) is 0. The van der Waals surface area contributed by atoms with Crippen LogP contribution in [0.3, 0.4) is 0 Å². The van der Waals surface area contributed by atoms with E-state index in [1.54, 1.807) is 0 Å². The fourth-order valence-corrected chi connectivity index (χ4v) is 4.82. The van der Waals surface area contributed by atoms with Gasteiger partial charge < -0.3 is 0 Å². The summed E-state index contributed by atoms with van der Waals surface area (Å²) < 4.78 is 0. The summed E-state index contributed by atoms with van der Waals surface area (Å²) in [6.07, 6.45) is 0. The van der Waals surface area contributed by atoms with E-state index in [2.05, 4.69) is 60.7 Å². The molecule has 4 heteroatoms. The minimum atomic E-state index is 0.972. The smallest absolute Gasteiger partial charge is 0.0705 e. The van der Waals surface area contributed by atoms with Gasteiger partial charge in [-0.1, -0.05) is 48.5 Å². The van der Waals surface area contributed by atoms with E-state index in [1.807, 2.05) is 35.7 Å². The Labute approximate surface area is 162 Å². The molecule has 0 fully saturated rings. The van der Waals surface area contributed by atoms with E-state index < -0.39 is 0 Å². The van der Waals surface area contributed by atoms with Crippen molar-refractivity contribution in [1.29, 1.82) is 0 Å². The number of nitrogens with zero attached hydrogens (tertiary/aromatic N) is 2. The molecule has 2 nitrogen and oxygen atoms in total. The normalized spacial score (nSPS) is 11.2. The highest BCUT2D eigenvalue weighted by Crippen LogP contribution is 2.19. The quantitative estimate of drug-likeness (QED) is 0.372. The molecular formula is C22H20N2S2. The number of benzene rings is 2. The fourth-order valence-electron chi connectivity index (χ4n) is 2.85. The van der Waals surface area contributed by atoms with Crippen LogP contribution in [0.25, 0.3) is 21.8 Å². The molecule has 0 spiro atoms. The highest BCUT2D eigenvalue weighted by Gasteiger charge is 2.01. The number of hydrogen-bond donors (Lipinski definition) is 0. The molecule has 0 saturated heterocycles. The number of para-hydroxylation sites is 2. The molecular weight excluding hydrogens is 356 g/mol. The summed E-state index contributed by atoms with van der Waals surface area (Å²) >= 11 is 3.90. The maximum atomic E-state index is 4.73. The van der Waals surface area contributed by atoms with Crippen LogP contribution in [0.15, 0.2) is 72.8 Å². The summed E-state index contributed by atoms with van der Waals surface area (Å²) in [5.74, 6) is 4.21. The monoisotopic (exact) mass is 376 g/mol. The third-order valence-electron chi connectivity index (χ3n) is 4.18. The number of thioether (sulfide) groups is 2. The van der Waals surface area contributed by atoms with Gasteiger partial charge in [0.1, 0.15) is 0 Å². The Balaban J connectivity index is 1.22. The molecule has 0 N–H and O–H groups in total. The van der Waals surface area contributed by atoms with Crippen LogP contribution < -0.4 is 0 Å². The van der Waals surface area contributed by atoms with Crippen molar-refractivity contribution in [2.24, 2.45) is 0 Å². The van der Waals surface area contributed by atoms with Crippen molar-refractivity contribution in [3.63, 3.8) is 0 Å². The zero-order valence-electron chi connectivity index (χ0n) is 14.5. The molecule has 0 radical (unpaired) electrons. The fraction of sp³-hybridized carbons (Fsp3) is 0.182. The number of aromatic nitrogens is 2. The van der Waals surface area contributed by atoms with Crippen molar-refractivity contribution >= 4 is 45.3 Å². The van der Waals surface area contributed by atoms with Crippen LogP contribution >= 0.6 is 23.5 Å². The highest BCUT2D eigenvalue weighted by molar-refractivity contribution is 8.02. The van der Waals surface area contributed by atoms with Crippen molar-refractivity contribution < 1.29 is 0 Å². The largest absolute Gasteiger partial charge is 0.252 e. The van der Waals surface area contributed by atoms with Crippen LogP contribution in [0, 0.1) is 0 Å². The zero-order valence-corrected chi connectivity index (χ0v) is 16.1. The lowest BCUT2D eigenvalue weighted by Crippen LogP contribution is -1.92. The Hall–Kier alpha value is -2.04. The number of hydrogen-bond acceptors (Lipinski definition) is 4. The van der Waals surface area contributed by atoms with E-state index >= 15 is 0 Å². The van der Waals surface area contributed by atoms with Crippen LogP contribution in [-0.2, 0) is 11.5 Å². The summed E-state index contributed by atoms with van der Waals surface area (Å²) in [5.41, 5.74) is 4.49. The molecule has 0 saturated carbocycles. The van der Waals surface area contributed by atoms with Crippen LogP contribution in [-0.4, -0.2) is 21.5 Å². The van der Waals surface area contributed by atoms with Crippen LogP contribution in [0.4, 0.5) is 0 Å². The van der Waals surface area contributed by atoms with Gasteiger partial charge in [0.2, 0.25) is 0 Å². The Morgan fingerprint density at radius 2 is 1.00 bits per heavy atom. The van der Waals surface area contributed by atoms with E-state index in [0.29, 0.717) is 0 Å². The molecule has 0 atom stereocenters. The van der Waals surface area contributed by atoms with E-state index in [1.165, 1.54) is 10.8 Å². The molecule has 2 aromatic carbocycles. The summed E-state index contributed by atoms with van der Waals surface area (Å²) in [6, 6.07) is 25.2. The molecule has 0 aliphatic heterocycles. The average Bonchev–Trinajstić information content (AvgIpc) is 2.70. The van der Waals surface area contributed by atoms with Gasteiger partial charge in [-0.05, 0) is 24.3 Å². The first-order valence-corrected chi connectivity index (χ1v) is 11.0. The second-order valence-corrected chi connectivity index (χ2v) is 8.31. The van der Waals surface area contributed by atoms with Gasteiger partial charge in [-0.3, -0.25) is 9.97 Å². The first-order valence-electron chi connectivity index (χ1n) is 8.73. The predicted octanol–water partition coefficient (Wildman–Crippen LogP) is 5.95. The Bertz CT molecular complexity index is 933. The summed E-state index contributed by atoms with van der Waals surface area (Å²) in [7, 11) is 0. The molecule has 2 heterocycles. The molecule has 0 aliphatic rings. The second-order valence-electron chi connectivity index (χ2n) is 6.10. The van der Waals surface area contributed by atoms with Gasteiger partial charge in [0.15, 0.2) is 0 Å². The van der Waals surface area contributed by atoms with Gasteiger partial charge in [0, 0.05) is 33.8 Å². The first kappa shape index (κ1) is 17.4. The van der Waals surface area contributed by atoms with Gasteiger partial charge >= 0.3 is 0 Å². The van der Waals surface area contributed by atoms with E-state index in [4.69, 9.17) is 9.97 Å². The third kappa shape index (κ3) is 4.37. The van der Waals surface area contributed by atoms with Crippen LogP contribution in [0.1, 0.15) is 11.4 Å². The summed E-state index contributed by atoms with van der Waals surface area (Å²) in [4.78, 5) is 9.46. The Morgan fingerprint density at radius 3 is 1.50 bits per heavy atom. The lowest BCUT2D eigenvalue weighted by molar-refractivity contribution is 1.22. The van der Waals surface area contributed by atoms with Gasteiger partial charge in [-0.15, -0.1) is 0 Å². The van der Waals surface area contributed by atoms with Gasteiger partial charge in [0.05, 0.1) is 22.4 Å². The molecule has 2 aromatic heterocycles. The lowest BCUT2D eigenvalue weighted by atomic mass is 10.2. The molecule has 4 aromatic rings. The van der Waals surface area contributed by atoms with Crippen molar-refractivity contribution in [2.75, 3.05) is 11.5 Å². The van der Waals surface area contributed by atoms with Gasteiger partial charge in [-0.2, -0.15) is 23.5 Å². The topological polar surface area (TPSA) is 25.8 Å². The van der Waals surface area contributed by atoms with Crippen LogP contribution in [0.2, 0.25) is 0 Å².